The molecule has 4 nitrogen and oxygen atoms in total. The van der Waals surface area contributed by atoms with Crippen LogP contribution in [0.1, 0.15) is 41.4 Å². The molecule has 0 unspecified atom stereocenters. The van der Waals surface area contributed by atoms with Gasteiger partial charge in [-0.25, -0.2) is 4.79 Å². The van der Waals surface area contributed by atoms with Gasteiger partial charge in [0.2, 0.25) is 0 Å². The number of benzene rings is 1. The Morgan fingerprint density at radius 3 is 2.50 bits per heavy atom. The van der Waals surface area contributed by atoms with Crippen LogP contribution in [0.15, 0.2) is 42.5 Å². The molecule has 0 radical (unpaired) electrons. The molecule has 1 N–H and O–H groups in total. The second-order valence-corrected chi connectivity index (χ2v) is 7.13. The van der Waals surface area contributed by atoms with Gasteiger partial charge in [0.15, 0.2) is 6.10 Å². The van der Waals surface area contributed by atoms with Crippen LogP contribution >= 0.6 is 22.9 Å². The lowest BCUT2D eigenvalue weighted by molar-refractivity contribution is -0.129. The minimum atomic E-state index is -0.855. The van der Waals surface area contributed by atoms with Crippen molar-refractivity contribution < 1.29 is 14.3 Å². The number of amides is 1. The first kappa shape index (κ1) is 18.5. The summed E-state index contributed by atoms with van der Waals surface area (Å²) in [5.41, 5.74) is 1.18. The van der Waals surface area contributed by atoms with Crippen LogP contribution in [-0.2, 0) is 9.53 Å². The number of nitrogens with one attached hydrogen (secondary N) is 1. The first-order chi connectivity index (χ1) is 11.5. The molecular weight excluding hydrogens is 346 g/mol. The Morgan fingerprint density at radius 2 is 1.92 bits per heavy atom. The lowest BCUT2D eigenvalue weighted by Gasteiger charge is -2.18. The SMILES string of the molecule is CC[C@H](CNC(=O)[C@H](C)OC(=O)c1ccc(Cl)s1)c1ccccc1. The van der Waals surface area contributed by atoms with Crippen LogP contribution in [0.5, 0.6) is 0 Å². The molecule has 0 aliphatic heterocycles. The summed E-state index contributed by atoms with van der Waals surface area (Å²) in [7, 11) is 0. The van der Waals surface area contributed by atoms with Gasteiger partial charge in [-0.1, -0.05) is 48.9 Å². The summed E-state index contributed by atoms with van der Waals surface area (Å²) in [4.78, 5) is 24.5. The molecule has 0 saturated carbocycles. The average Bonchev–Trinajstić information content (AvgIpc) is 3.02. The van der Waals surface area contributed by atoms with E-state index in [0.29, 0.717) is 15.8 Å². The molecule has 6 heteroatoms. The van der Waals surface area contributed by atoms with Crippen LogP contribution < -0.4 is 5.32 Å². The van der Waals surface area contributed by atoms with Crippen molar-refractivity contribution in [2.75, 3.05) is 6.54 Å². The van der Waals surface area contributed by atoms with Crippen LogP contribution in [-0.4, -0.2) is 24.5 Å². The lowest BCUT2D eigenvalue weighted by atomic mass is 9.96. The molecule has 24 heavy (non-hydrogen) atoms. The molecule has 2 rings (SSSR count). The van der Waals surface area contributed by atoms with E-state index in [-0.39, 0.29) is 11.8 Å². The van der Waals surface area contributed by atoms with E-state index in [9.17, 15) is 9.59 Å². The topological polar surface area (TPSA) is 55.4 Å². The van der Waals surface area contributed by atoms with E-state index in [2.05, 4.69) is 12.2 Å². The number of carbonyl (C=O) groups is 2. The largest absolute Gasteiger partial charge is 0.448 e. The Labute approximate surface area is 150 Å². The number of esters is 1. The molecule has 1 aromatic heterocycles. The highest BCUT2D eigenvalue weighted by Gasteiger charge is 2.21. The predicted octanol–water partition coefficient (Wildman–Crippen LogP) is 4.26. The van der Waals surface area contributed by atoms with Gasteiger partial charge in [0.05, 0.1) is 4.34 Å². The van der Waals surface area contributed by atoms with E-state index in [1.807, 2.05) is 30.3 Å². The Bertz CT molecular complexity index is 687. The molecule has 0 aliphatic carbocycles. The van der Waals surface area contributed by atoms with Crippen molar-refractivity contribution in [1.82, 2.24) is 5.32 Å². The molecule has 0 bridgehead atoms. The molecule has 0 spiro atoms. The fourth-order valence-corrected chi connectivity index (χ4v) is 3.21. The highest BCUT2D eigenvalue weighted by atomic mass is 35.5. The Balaban J connectivity index is 1.86. The van der Waals surface area contributed by atoms with Crippen LogP contribution in [0, 0.1) is 0 Å². The Morgan fingerprint density at radius 1 is 1.21 bits per heavy atom. The van der Waals surface area contributed by atoms with Crippen molar-refractivity contribution in [3.8, 4) is 0 Å². The van der Waals surface area contributed by atoms with Crippen molar-refractivity contribution in [3.05, 3.63) is 57.2 Å². The summed E-state index contributed by atoms with van der Waals surface area (Å²) in [5, 5.41) is 2.86. The number of ether oxygens (including phenoxy) is 1. The summed E-state index contributed by atoms with van der Waals surface area (Å²) in [6, 6.07) is 13.2. The summed E-state index contributed by atoms with van der Waals surface area (Å²) in [5.74, 6) is -0.612. The third-order valence-corrected chi connectivity index (χ3v) is 4.93. The molecule has 2 aromatic rings. The van der Waals surface area contributed by atoms with Gasteiger partial charge in [-0.3, -0.25) is 4.79 Å². The second-order valence-electron chi connectivity index (χ2n) is 5.41. The second kappa shape index (κ2) is 8.85. The van der Waals surface area contributed by atoms with Crippen LogP contribution in [0.4, 0.5) is 0 Å². The number of halogens is 1. The smallest absolute Gasteiger partial charge is 0.349 e. The summed E-state index contributed by atoms with van der Waals surface area (Å²) < 4.78 is 5.69. The van der Waals surface area contributed by atoms with Gasteiger partial charge in [-0.15, -0.1) is 11.3 Å². The third kappa shape index (κ3) is 5.08. The molecule has 0 aliphatic rings. The number of carbonyl (C=O) groups excluding carboxylic acids is 2. The molecule has 128 valence electrons. The predicted molar refractivity (Wildman–Crippen MR) is 96.7 cm³/mol. The molecule has 1 heterocycles. The zero-order valence-corrected chi connectivity index (χ0v) is 15.2. The van der Waals surface area contributed by atoms with E-state index in [0.717, 1.165) is 17.8 Å². The van der Waals surface area contributed by atoms with E-state index >= 15 is 0 Å². The standard InChI is InChI=1S/C18H20ClNO3S/c1-3-13(14-7-5-4-6-8-14)11-20-17(21)12(2)23-18(22)15-9-10-16(19)24-15/h4-10,12-13H,3,11H2,1-2H3,(H,20,21)/t12-,13+/m0/s1. The minimum Gasteiger partial charge on any atom is -0.448 e. The van der Waals surface area contributed by atoms with Gasteiger partial charge in [0, 0.05) is 12.5 Å². The fraction of sp³-hybridized carbons (Fsp3) is 0.333. The van der Waals surface area contributed by atoms with Crippen molar-refractivity contribution in [3.63, 3.8) is 0 Å². The maximum Gasteiger partial charge on any atom is 0.349 e. The normalized spacial score (nSPS) is 13.1. The van der Waals surface area contributed by atoms with Gasteiger partial charge >= 0.3 is 5.97 Å². The van der Waals surface area contributed by atoms with Crippen LogP contribution in [0.25, 0.3) is 0 Å². The van der Waals surface area contributed by atoms with Crippen LogP contribution in [0.3, 0.4) is 0 Å². The van der Waals surface area contributed by atoms with E-state index in [4.69, 9.17) is 16.3 Å². The molecule has 0 fully saturated rings. The van der Waals surface area contributed by atoms with Crippen molar-refractivity contribution in [1.29, 1.82) is 0 Å². The number of thiophene rings is 1. The zero-order valence-electron chi connectivity index (χ0n) is 13.6. The van der Waals surface area contributed by atoms with Crippen LogP contribution in [0.2, 0.25) is 4.34 Å². The summed E-state index contributed by atoms with van der Waals surface area (Å²) in [6.07, 6.45) is 0.0539. The maximum absolute atomic E-state index is 12.2. The Hall–Kier alpha value is -1.85. The molecule has 0 saturated heterocycles. The molecule has 2 atom stereocenters. The third-order valence-electron chi connectivity index (χ3n) is 3.71. The molecular formula is C18H20ClNO3S. The molecule has 1 amide bonds. The fourth-order valence-electron chi connectivity index (χ4n) is 2.29. The lowest BCUT2D eigenvalue weighted by Crippen LogP contribution is -2.37. The van der Waals surface area contributed by atoms with Crippen molar-refractivity contribution in [2.24, 2.45) is 0 Å². The van der Waals surface area contributed by atoms with Gasteiger partial charge < -0.3 is 10.1 Å². The monoisotopic (exact) mass is 365 g/mol. The molecule has 1 aromatic carbocycles. The summed E-state index contributed by atoms with van der Waals surface area (Å²) >= 11 is 6.92. The number of hydrogen-bond donors (Lipinski definition) is 1. The zero-order chi connectivity index (χ0) is 17.5. The highest BCUT2D eigenvalue weighted by molar-refractivity contribution is 7.17. The van der Waals surface area contributed by atoms with Gasteiger partial charge in [-0.2, -0.15) is 0 Å². The minimum absolute atomic E-state index is 0.231. The van der Waals surface area contributed by atoms with Gasteiger partial charge in [0.25, 0.3) is 5.91 Å². The van der Waals surface area contributed by atoms with Gasteiger partial charge in [-0.05, 0) is 31.0 Å². The number of rotatable bonds is 7. The summed E-state index contributed by atoms with van der Waals surface area (Å²) in [6.45, 7) is 4.14. The maximum atomic E-state index is 12.2. The van der Waals surface area contributed by atoms with Crippen molar-refractivity contribution in [2.45, 2.75) is 32.3 Å². The van der Waals surface area contributed by atoms with Gasteiger partial charge in [0.1, 0.15) is 4.88 Å². The average molecular weight is 366 g/mol. The first-order valence-electron chi connectivity index (χ1n) is 7.80. The first-order valence-corrected chi connectivity index (χ1v) is 8.99. The van der Waals surface area contributed by atoms with E-state index in [1.165, 1.54) is 5.56 Å². The Kier molecular flexibility index (Phi) is 6.82. The highest BCUT2D eigenvalue weighted by Crippen LogP contribution is 2.22. The van der Waals surface area contributed by atoms with Crippen molar-refractivity contribution >= 4 is 34.8 Å². The van der Waals surface area contributed by atoms with E-state index < -0.39 is 12.1 Å². The number of hydrogen-bond acceptors (Lipinski definition) is 4. The quantitative estimate of drug-likeness (QED) is 0.746. The van der Waals surface area contributed by atoms with E-state index in [1.54, 1.807) is 19.1 Å².